The number of likely N-dealkylation sites (tertiary alicyclic amines) is 1. The quantitative estimate of drug-likeness (QED) is 0.731. The van der Waals surface area contributed by atoms with Crippen molar-refractivity contribution < 1.29 is 5.11 Å². The molecule has 1 saturated heterocycles. The Bertz CT molecular complexity index is 175. The van der Waals surface area contributed by atoms with E-state index in [1.807, 2.05) is 0 Å². The largest absolute Gasteiger partial charge is 0.395 e. The van der Waals surface area contributed by atoms with E-state index in [-0.39, 0.29) is 12.4 Å². The molecule has 1 fully saturated rings. The third-order valence-electron chi connectivity index (χ3n) is 4.18. The number of aliphatic hydroxyl groups excluding tert-OH is 1. The van der Waals surface area contributed by atoms with Gasteiger partial charge in [-0.05, 0) is 44.2 Å². The summed E-state index contributed by atoms with van der Waals surface area (Å²) in [6, 6.07) is 0. The minimum Gasteiger partial charge on any atom is -0.395 e. The zero-order valence-corrected chi connectivity index (χ0v) is 13.1. The van der Waals surface area contributed by atoms with Gasteiger partial charge < -0.3 is 10.0 Å². The zero-order valence-electron chi connectivity index (χ0n) is 12.2. The number of β-amino-alcohol motifs (C(OH)–C–C–N with tert-alkyl or cyclic N) is 1. The molecule has 0 aromatic carbocycles. The maximum Gasteiger partial charge on any atom is 0.0558 e. The molecule has 0 unspecified atom stereocenters. The molecule has 0 saturated carbocycles. The molecule has 0 bridgehead atoms. The summed E-state index contributed by atoms with van der Waals surface area (Å²) in [5.74, 6) is 1.92. The van der Waals surface area contributed by atoms with Crippen LogP contribution < -0.4 is 0 Å². The first kappa shape index (κ1) is 18.2. The van der Waals surface area contributed by atoms with Gasteiger partial charge in [0, 0.05) is 6.54 Å². The lowest BCUT2D eigenvalue weighted by Gasteiger charge is -2.33. The number of nitrogens with zero attached hydrogens (tertiary/aromatic N) is 1. The van der Waals surface area contributed by atoms with Crippen LogP contribution in [0.15, 0.2) is 0 Å². The summed E-state index contributed by atoms with van der Waals surface area (Å²) >= 11 is 0. The first-order chi connectivity index (χ1) is 8.30. The van der Waals surface area contributed by atoms with E-state index >= 15 is 0 Å². The van der Waals surface area contributed by atoms with Crippen LogP contribution in [0.5, 0.6) is 0 Å². The molecule has 0 amide bonds. The van der Waals surface area contributed by atoms with Crippen LogP contribution >= 0.6 is 12.4 Å². The van der Waals surface area contributed by atoms with Gasteiger partial charge in [0.15, 0.2) is 0 Å². The molecule has 0 atom stereocenters. The highest BCUT2D eigenvalue weighted by atomic mass is 35.5. The molecule has 0 aromatic heterocycles. The highest BCUT2D eigenvalue weighted by molar-refractivity contribution is 5.85. The van der Waals surface area contributed by atoms with Gasteiger partial charge in [0.1, 0.15) is 0 Å². The Morgan fingerprint density at radius 2 is 1.67 bits per heavy atom. The fourth-order valence-corrected chi connectivity index (χ4v) is 3.26. The van der Waals surface area contributed by atoms with Crippen LogP contribution in [0, 0.1) is 11.8 Å². The Hall–Kier alpha value is 0.210. The van der Waals surface area contributed by atoms with Crippen LogP contribution in [0.4, 0.5) is 0 Å². The van der Waals surface area contributed by atoms with Crippen molar-refractivity contribution in [3.05, 3.63) is 0 Å². The normalized spacial score (nSPS) is 18.0. The fraction of sp³-hybridized carbons (Fsp3) is 1.00. The predicted octanol–water partition coefficient (Wildman–Crippen LogP) is 3.72. The van der Waals surface area contributed by atoms with Crippen molar-refractivity contribution >= 4 is 12.4 Å². The van der Waals surface area contributed by atoms with Gasteiger partial charge >= 0.3 is 0 Å². The topological polar surface area (TPSA) is 23.5 Å². The highest BCUT2D eigenvalue weighted by Crippen LogP contribution is 2.28. The fourth-order valence-electron chi connectivity index (χ4n) is 3.26. The van der Waals surface area contributed by atoms with Crippen molar-refractivity contribution in [1.82, 2.24) is 4.90 Å². The zero-order chi connectivity index (χ0) is 12.5. The molecule has 18 heavy (non-hydrogen) atoms. The lowest BCUT2D eigenvalue weighted by Crippen LogP contribution is -2.36. The first-order valence-electron chi connectivity index (χ1n) is 7.63. The van der Waals surface area contributed by atoms with Crippen molar-refractivity contribution in [3.63, 3.8) is 0 Å². The average molecular weight is 278 g/mol. The Kier molecular flexibility index (Phi) is 11.2. The van der Waals surface area contributed by atoms with Crippen molar-refractivity contribution in [2.45, 2.75) is 58.8 Å². The lowest BCUT2D eigenvalue weighted by molar-refractivity contribution is 0.135. The van der Waals surface area contributed by atoms with Crippen molar-refractivity contribution in [2.24, 2.45) is 11.8 Å². The molecule has 1 rings (SSSR count). The average Bonchev–Trinajstić information content (AvgIpc) is 2.33. The summed E-state index contributed by atoms with van der Waals surface area (Å²) < 4.78 is 0. The molecule has 1 N–H and O–H groups in total. The van der Waals surface area contributed by atoms with Crippen molar-refractivity contribution in [1.29, 1.82) is 0 Å². The van der Waals surface area contributed by atoms with Gasteiger partial charge in [-0.2, -0.15) is 0 Å². The number of hydrogen-bond acceptors (Lipinski definition) is 2. The van der Waals surface area contributed by atoms with Crippen LogP contribution in [-0.4, -0.2) is 36.2 Å². The Labute approximate surface area is 120 Å². The summed E-state index contributed by atoms with van der Waals surface area (Å²) in [5, 5.41) is 8.93. The molecular formula is C15H32ClNO. The molecule has 3 heteroatoms. The van der Waals surface area contributed by atoms with Crippen LogP contribution in [0.2, 0.25) is 0 Å². The van der Waals surface area contributed by atoms with E-state index in [0.29, 0.717) is 6.61 Å². The summed E-state index contributed by atoms with van der Waals surface area (Å²) in [4.78, 5) is 2.41. The van der Waals surface area contributed by atoms with Crippen LogP contribution in [0.25, 0.3) is 0 Å². The SMILES string of the molecule is CCCC(CCC)CC1CCN(CCO)CC1.Cl. The van der Waals surface area contributed by atoms with Gasteiger partial charge in [-0.1, -0.05) is 39.5 Å². The summed E-state index contributed by atoms with van der Waals surface area (Å²) in [6.07, 6.45) is 9.68. The Balaban J connectivity index is 0.00000289. The van der Waals surface area contributed by atoms with Crippen LogP contribution in [0.3, 0.4) is 0 Å². The van der Waals surface area contributed by atoms with Crippen LogP contribution in [0.1, 0.15) is 58.8 Å². The summed E-state index contributed by atoms with van der Waals surface area (Å²) in [6.45, 7) is 8.23. The number of rotatable bonds is 8. The molecule has 1 aliphatic heterocycles. The minimum absolute atomic E-state index is 0. The van der Waals surface area contributed by atoms with Gasteiger partial charge in [0.25, 0.3) is 0 Å². The first-order valence-corrected chi connectivity index (χ1v) is 7.63. The van der Waals surface area contributed by atoms with E-state index in [1.54, 1.807) is 0 Å². The number of aliphatic hydroxyl groups is 1. The predicted molar refractivity (Wildman–Crippen MR) is 81.4 cm³/mol. The molecular weight excluding hydrogens is 246 g/mol. The third-order valence-corrected chi connectivity index (χ3v) is 4.18. The third kappa shape index (κ3) is 6.96. The Morgan fingerprint density at radius 1 is 1.11 bits per heavy atom. The number of halogens is 1. The van der Waals surface area contributed by atoms with E-state index in [9.17, 15) is 0 Å². The van der Waals surface area contributed by atoms with Crippen molar-refractivity contribution in [2.75, 3.05) is 26.2 Å². The molecule has 0 aliphatic carbocycles. The Morgan fingerprint density at radius 3 is 2.11 bits per heavy atom. The second-order valence-corrected chi connectivity index (χ2v) is 5.69. The van der Waals surface area contributed by atoms with Gasteiger partial charge in [-0.3, -0.25) is 0 Å². The second kappa shape index (κ2) is 11.1. The highest BCUT2D eigenvalue weighted by Gasteiger charge is 2.21. The van der Waals surface area contributed by atoms with E-state index in [1.165, 1.54) is 58.0 Å². The summed E-state index contributed by atoms with van der Waals surface area (Å²) in [5.41, 5.74) is 0. The van der Waals surface area contributed by atoms with Gasteiger partial charge in [-0.25, -0.2) is 0 Å². The standard InChI is InChI=1S/C15H31NO.ClH/c1-3-5-14(6-4-2)13-15-7-9-16(10-8-15)11-12-17;/h14-15,17H,3-13H2,1-2H3;1H. The second-order valence-electron chi connectivity index (χ2n) is 5.69. The molecule has 110 valence electrons. The van der Waals surface area contributed by atoms with E-state index in [4.69, 9.17) is 5.11 Å². The molecule has 1 aliphatic rings. The maximum atomic E-state index is 8.93. The van der Waals surface area contributed by atoms with Gasteiger partial charge in [0.05, 0.1) is 6.61 Å². The van der Waals surface area contributed by atoms with Gasteiger partial charge in [0.2, 0.25) is 0 Å². The minimum atomic E-state index is 0. The smallest absolute Gasteiger partial charge is 0.0558 e. The molecule has 0 radical (unpaired) electrons. The van der Waals surface area contributed by atoms with E-state index < -0.39 is 0 Å². The van der Waals surface area contributed by atoms with Gasteiger partial charge in [-0.15, -0.1) is 12.4 Å². The van der Waals surface area contributed by atoms with Crippen molar-refractivity contribution in [3.8, 4) is 0 Å². The van der Waals surface area contributed by atoms with E-state index in [2.05, 4.69) is 18.7 Å². The molecule has 0 aromatic rings. The molecule has 1 heterocycles. The number of piperidine rings is 1. The lowest BCUT2D eigenvalue weighted by atomic mass is 9.83. The van der Waals surface area contributed by atoms with E-state index in [0.717, 1.165) is 18.4 Å². The molecule has 0 spiro atoms. The molecule has 2 nitrogen and oxygen atoms in total. The number of hydrogen-bond donors (Lipinski definition) is 1. The van der Waals surface area contributed by atoms with Crippen LogP contribution in [-0.2, 0) is 0 Å². The maximum absolute atomic E-state index is 8.93. The monoisotopic (exact) mass is 277 g/mol. The summed E-state index contributed by atoms with van der Waals surface area (Å²) in [7, 11) is 0.